The fraction of sp³-hybridized carbons (Fsp3) is 0.476. The zero-order valence-corrected chi connectivity index (χ0v) is 16.5. The third-order valence-electron chi connectivity index (χ3n) is 6.34. The van der Waals surface area contributed by atoms with Crippen molar-refractivity contribution < 1.29 is 27.1 Å². The van der Waals surface area contributed by atoms with Gasteiger partial charge in [0.05, 0.1) is 6.04 Å². The minimum absolute atomic E-state index is 0.180. The second-order valence-electron chi connectivity index (χ2n) is 8.14. The summed E-state index contributed by atoms with van der Waals surface area (Å²) in [5, 5.41) is 0. The number of aromatic nitrogens is 2. The Labute approximate surface area is 175 Å². The number of alkyl halides is 2. The number of fused-ring (bicyclic) bond motifs is 1. The normalized spacial score (nSPS) is 25.0. The molecule has 0 radical (unpaired) electrons. The lowest BCUT2D eigenvalue weighted by molar-refractivity contribution is -0.140. The standard InChI is InChI=1S/C21H20F4N4O2/c22-13-9-12(10-14(23)11-13)15-1-2-17-29(15)20(30)21(31-17)4-7-28(8-5-21)16-3-6-26-19(27-16)18(24)25/h3,6,9-11,15,17-18H,1-2,4-5,7-8H2. The molecule has 0 saturated carbocycles. The second-order valence-corrected chi connectivity index (χ2v) is 8.14. The summed E-state index contributed by atoms with van der Waals surface area (Å²) in [5.41, 5.74) is -0.587. The molecule has 164 valence electrons. The van der Waals surface area contributed by atoms with E-state index in [0.717, 1.165) is 6.07 Å². The number of halogens is 4. The summed E-state index contributed by atoms with van der Waals surface area (Å²) in [7, 11) is 0. The van der Waals surface area contributed by atoms with Crippen LogP contribution in [0.15, 0.2) is 30.5 Å². The van der Waals surface area contributed by atoms with Crippen LogP contribution in [0.25, 0.3) is 0 Å². The van der Waals surface area contributed by atoms with Gasteiger partial charge in [0.15, 0.2) is 11.4 Å². The first-order valence-corrected chi connectivity index (χ1v) is 10.2. The number of amides is 1. The summed E-state index contributed by atoms with van der Waals surface area (Å²) >= 11 is 0. The molecule has 3 aliphatic rings. The molecule has 6 nitrogen and oxygen atoms in total. The van der Waals surface area contributed by atoms with E-state index in [2.05, 4.69) is 9.97 Å². The Morgan fingerprint density at radius 2 is 1.81 bits per heavy atom. The molecule has 3 aliphatic heterocycles. The van der Waals surface area contributed by atoms with Gasteiger partial charge in [-0.2, -0.15) is 0 Å². The molecule has 2 unspecified atom stereocenters. The van der Waals surface area contributed by atoms with Crippen LogP contribution in [0.2, 0.25) is 0 Å². The Bertz CT molecular complexity index is 992. The van der Waals surface area contributed by atoms with Crippen molar-refractivity contribution in [2.45, 2.75) is 50.0 Å². The first-order valence-electron chi connectivity index (χ1n) is 10.2. The molecule has 4 heterocycles. The van der Waals surface area contributed by atoms with Gasteiger partial charge in [0.2, 0.25) is 0 Å². The van der Waals surface area contributed by atoms with Crippen LogP contribution in [0.4, 0.5) is 23.4 Å². The van der Waals surface area contributed by atoms with Gasteiger partial charge >= 0.3 is 0 Å². The molecule has 1 spiro atoms. The average Bonchev–Trinajstić information content (AvgIpc) is 3.26. The maximum absolute atomic E-state index is 13.7. The van der Waals surface area contributed by atoms with E-state index in [9.17, 15) is 22.4 Å². The molecular formula is C21H20F4N4O2. The van der Waals surface area contributed by atoms with E-state index in [0.29, 0.717) is 50.2 Å². The van der Waals surface area contributed by atoms with E-state index in [4.69, 9.17) is 4.74 Å². The monoisotopic (exact) mass is 436 g/mol. The molecule has 2 aromatic rings. The summed E-state index contributed by atoms with van der Waals surface area (Å²) in [4.78, 5) is 24.3. The summed E-state index contributed by atoms with van der Waals surface area (Å²) in [6.07, 6.45) is 0.00781. The van der Waals surface area contributed by atoms with Gasteiger partial charge in [-0.15, -0.1) is 0 Å². The van der Waals surface area contributed by atoms with Crippen LogP contribution in [0.1, 0.15) is 49.5 Å². The van der Waals surface area contributed by atoms with E-state index in [-0.39, 0.29) is 5.91 Å². The van der Waals surface area contributed by atoms with Crippen molar-refractivity contribution in [1.82, 2.24) is 14.9 Å². The maximum atomic E-state index is 13.7. The van der Waals surface area contributed by atoms with Crippen LogP contribution < -0.4 is 4.90 Å². The number of anilines is 1. The number of hydrogen-bond acceptors (Lipinski definition) is 5. The molecule has 2 atom stereocenters. The Morgan fingerprint density at radius 3 is 2.48 bits per heavy atom. The van der Waals surface area contributed by atoms with Crippen LogP contribution in [0.5, 0.6) is 0 Å². The summed E-state index contributed by atoms with van der Waals surface area (Å²) in [6.45, 7) is 0.816. The number of rotatable bonds is 3. The number of carbonyl (C=O) groups is 1. The SMILES string of the molecule is O=C1N2C(CCC2c2cc(F)cc(F)c2)OC12CCN(c1ccnc(C(F)F)n1)CC2. The molecular weight excluding hydrogens is 416 g/mol. The van der Waals surface area contributed by atoms with Gasteiger partial charge in [0.1, 0.15) is 23.7 Å². The molecule has 1 aromatic heterocycles. The van der Waals surface area contributed by atoms with Crippen molar-refractivity contribution in [1.29, 1.82) is 0 Å². The molecule has 0 aliphatic carbocycles. The fourth-order valence-corrected chi connectivity index (χ4v) is 4.88. The Morgan fingerprint density at radius 1 is 1.10 bits per heavy atom. The largest absolute Gasteiger partial charge is 0.356 e. The van der Waals surface area contributed by atoms with Gasteiger partial charge in [-0.25, -0.2) is 27.5 Å². The maximum Gasteiger partial charge on any atom is 0.297 e. The molecule has 0 bridgehead atoms. The van der Waals surface area contributed by atoms with Gasteiger partial charge in [0, 0.05) is 38.2 Å². The smallest absolute Gasteiger partial charge is 0.297 e. The van der Waals surface area contributed by atoms with Crippen molar-refractivity contribution in [3.8, 4) is 0 Å². The summed E-state index contributed by atoms with van der Waals surface area (Å²) < 4.78 is 59.4. The molecule has 3 saturated heterocycles. The molecule has 3 fully saturated rings. The van der Waals surface area contributed by atoms with Gasteiger partial charge < -0.3 is 14.5 Å². The highest BCUT2D eigenvalue weighted by atomic mass is 19.3. The van der Waals surface area contributed by atoms with Gasteiger partial charge in [-0.3, -0.25) is 4.79 Å². The number of benzene rings is 1. The minimum atomic E-state index is -2.76. The van der Waals surface area contributed by atoms with Crippen molar-refractivity contribution >= 4 is 11.7 Å². The number of hydrogen-bond donors (Lipinski definition) is 0. The predicted molar refractivity (Wildman–Crippen MR) is 101 cm³/mol. The minimum Gasteiger partial charge on any atom is -0.356 e. The second kappa shape index (κ2) is 7.44. The van der Waals surface area contributed by atoms with Crippen molar-refractivity contribution in [2.75, 3.05) is 18.0 Å². The summed E-state index contributed by atoms with van der Waals surface area (Å²) in [6, 6.07) is 4.45. The molecule has 5 rings (SSSR count). The van der Waals surface area contributed by atoms with E-state index >= 15 is 0 Å². The first kappa shape index (κ1) is 20.2. The highest BCUT2D eigenvalue weighted by Gasteiger charge is 2.58. The highest BCUT2D eigenvalue weighted by molar-refractivity contribution is 5.88. The highest BCUT2D eigenvalue weighted by Crippen LogP contribution is 2.48. The van der Waals surface area contributed by atoms with Gasteiger partial charge in [-0.05, 0) is 36.6 Å². The quantitative estimate of drug-likeness (QED) is 0.686. The van der Waals surface area contributed by atoms with Crippen LogP contribution >= 0.6 is 0 Å². The van der Waals surface area contributed by atoms with Crippen molar-refractivity contribution in [2.24, 2.45) is 0 Å². The van der Waals surface area contributed by atoms with Crippen LogP contribution in [0, 0.1) is 11.6 Å². The first-order chi connectivity index (χ1) is 14.9. The van der Waals surface area contributed by atoms with Crippen molar-refractivity contribution in [3.63, 3.8) is 0 Å². The lowest BCUT2D eigenvalue weighted by atomic mass is 9.89. The van der Waals surface area contributed by atoms with E-state index in [1.165, 1.54) is 18.3 Å². The molecule has 10 heteroatoms. The zero-order valence-electron chi connectivity index (χ0n) is 16.5. The lowest BCUT2D eigenvalue weighted by Crippen LogP contribution is -2.50. The van der Waals surface area contributed by atoms with E-state index < -0.39 is 41.8 Å². The number of ether oxygens (including phenoxy) is 1. The average molecular weight is 436 g/mol. The van der Waals surface area contributed by atoms with Gasteiger partial charge in [-0.1, -0.05) is 0 Å². The lowest BCUT2D eigenvalue weighted by Gasteiger charge is -2.38. The molecule has 31 heavy (non-hydrogen) atoms. The fourth-order valence-electron chi connectivity index (χ4n) is 4.88. The molecule has 1 aromatic carbocycles. The Hall–Kier alpha value is -2.75. The topological polar surface area (TPSA) is 58.6 Å². The predicted octanol–water partition coefficient (Wildman–Crippen LogP) is 3.75. The number of carbonyl (C=O) groups excluding carboxylic acids is 1. The van der Waals surface area contributed by atoms with E-state index in [1.54, 1.807) is 11.0 Å². The Balaban J connectivity index is 1.33. The van der Waals surface area contributed by atoms with E-state index in [1.807, 2.05) is 4.90 Å². The third-order valence-corrected chi connectivity index (χ3v) is 6.34. The van der Waals surface area contributed by atoms with Crippen molar-refractivity contribution in [3.05, 3.63) is 53.5 Å². The molecule has 0 N–H and O–H groups in total. The van der Waals surface area contributed by atoms with Gasteiger partial charge in [0.25, 0.3) is 12.3 Å². The van der Waals surface area contributed by atoms with Crippen LogP contribution in [-0.4, -0.2) is 45.7 Å². The third kappa shape index (κ3) is 3.42. The number of nitrogens with zero attached hydrogens (tertiary/aromatic N) is 4. The zero-order chi connectivity index (χ0) is 21.8. The van der Waals surface area contributed by atoms with Crippen LogP contribution in [0.3, 0.4) is 0 Å². The number of piperidine rings is 1. The molecule has 1 amide bonds. The Kier molecular flexibility index (Phi) is 4.84. The summed E-state index contributed by atoms with van der Waals surface area (Å²) in [5.74, 6) is -1.68. The van der Waals surface area contributed by atoms with Crippen LogP contribution in [-0.2, 0) is 9.53 Å².